The normalized spacial score (nSPS) is 16.1. The van der Waals surface area contributed by atoms with Crippen LogP contribution in [0.15, 0.2) is 24.3 Å². The minimum atomic E-state index is -4.29. The van der Waals surface area contributed by atoms with Gasteiger partial charge in [0.15, 0.2) is 0 Å². The van der Waals surface area contributed by atoms with Crippen molar-refractivity contribution in [1.82, 2.24) is 4.90 Å². The maximum absolute atomic E-state index is 12.1. The molecule has 1 saturated heterocycles. The smallest absolute Gasteiger partial charge is 0.389 e. The highest BCUT2D eigenvalue weighted by molar-refractivity contribution is 5.76. The largest absolute Gasteiger partial charge is 0.508 e. The Morgan fingerprint density at radius 1 is 1.19 bits per heavy atom. The van der Waals surface area contributed by atoms with Crippen LogP contribution in [0.2, 0.25) is 0 Å². The third-order valence-corrected chi connectivity index (χ3v) is 3.45. The van der Waals surface area contributed by atoms with E-state index in [1.807, 2.05) is 11.0 Å². The maximum atomic E-state index is 12.1. The van der Waals surface area contributed by atoms with Crippen molar-refractivity contribution in [1.29, 1.82) is 0 Å². The number of aromatic hydroxyl groups is 1. The highest BCUT2D eigenvalue weighted by Gasteiger charge is 2.30. The number of carbonyl (C=O) groups is 1. The maximum Gasteiger partial charge on any atom is 0.389 e. The molecule has 1 heterocycles. The van der Waals surface area contributed by atoms with Gasteiger partial charge in [0.2, 0.25) is 5.91 Å². The summed E-state index contributed by atoms with van der Waals surface area (Å²) in [5.41, 5.74) is 0.845. The molecule has 1 aliphatic rings. The summed E-state index contributed by atoms with van der Waals surface area (Å²) in [5, 5.41) is 9.43. The molecule has 1 amide bonds. The number of rotatable bonds is 3. The van der Waals surface area contributed by atoms with Crippen molar-refractivity contribution in [2.75, 3.05) is 31.1 Å². The van der Waals surface area contributed by atoms with Crippen LogP contribution in [-0.4, -0.2) is 48.3 Å². The first-order valence-corrected chi connectivity index (χ1v) is 6.74. The fraction of sp³-hybridized carbons (Fsp3) is 0.500. The Morgan fingerprint density at radius 2 is 1.86 bits per heavy atom. The Morgan fingerprint density at radius 3 is 2.43 bits per heavy atom. The first-order chi connectivity index (χ1) is 9.85. The molecule has 2 rings (SSSR count). The second kappa shape index (κ2) is 6.24. The van der Waals surface area contributed by atoms with Crippen molar-refractivity contribution in [2.24, 2.45) is 0 Å². The van der Waals surface area contributed by atoms with Gasteiger partial charge in [-0.05, 0) is 12.1 Å². The van der Waals surface area contributed by atoms with E-state index in [2.05, 4.69) is 0 Å². The SMILES string of the molecule is O=C(CCC(F)(F)F)N1CCN(c2cccc(O)c2)CC1. The standard InChI is InChI=1S/C14H17F3N2O2/c15-14(16,17)5-4-13(21)19-8-6-18(7-9-19)11-2-1-3-12(20)10-11/h1-3,10,20H,4-9H2. The third kappa shape index (κ3) is 4.54. The van der Waals surface area contributed by atoms with E-state index in [0.717, 1.165) is 5.69 Å². The monoisotopic (exact) mass is 302 g/mol. The van der Waals surface area contributed by atoms with Crippen molar-refractivity contribution in [2.45, 2.75) is 19.0 Å². The van der Waals surface area contributed by atoms with Gasteiger partial charge in [-0.1, -0.05) is 6.07 Å². The van der Waals surface area contributed by atoms with Gasteiger partial charge in [0, 0.05) is 44.4 Å². The zero-order valence-corrected chi connectivity index (χ0v) is 11.4. The number of phenols is 1. The van der Waals surface area contributed by atoms with Crippen molar-refractivity contribution >= 4 is 11.6 Å². The molecule has 0 radical (unpaired) electrons. The van der Waals surface area contributed by atoms with Crippen LogP contribution in [0.25, 0.3) is 0 Å². The second-order valence-corrected chi connectivity index (χ2v) is 5.00. The van der Waals surface area contributed by atoms with Crippen molar-refractivity contribution < 1.29 is 23.1 Å². The molecule has 0 spiro atoms. The average molecular weight is 302 g/mol. The van der Waals surface area contributed by atoms with E-state index >= 15 is 0 Å². The van der Waals surface area contributed by atoms with E-state index in [1.165, 1.54) is 4.90 Å². The lowest BCUT2D eigenvalue weighted by molar-refractivity contribution is -0.149. The van der Waals surface area contributed by atoms with Crippen LogP contribution in [0.1, 0.15) is 12.8 Å². The van der Waals surface area contributed by atoms with Gasteiger partial charge in [-0.3, -0.25) is 4.79 Å². The van der Waals surface area contributed by atoms with Crippen LogP contribution in [0.5, 0.6) is 5.75 Å². The predicted octanol–water partition coefficient (Wildman–Crippen LogP) is 2.38. The van der Waals surface area contributed by atoms with Gasteiger partial charge in [0.25, 0.3) is 0 Å². The van der Waals surface area contributed by atoms with E-state index in [4.69, 9.17) is 0 Å². The minimum Gasteiger partial charge on any atom is -0.508 e. The summed E-state index contributed by atoms with van der Waals surface area (Å²) in [5.74, 6) is -0.293. The molecule has 0 bridgehead atoms. The Labute approximate surface area is 120 Å². The van der Waals surface area contributed by atoms with Crippen LogP contribution >= 0.6 is 0 Å². The molecule has 21 heavy (non-hydrogen) atoms. The molecule has 7 heteroatoms. The summed E-state index contributed by atoms with van der Waals surface area (Å²) in [6.07, 6.45) is -5.85. The summed E-state index contributed by atoms with van der Waals surface area (Å²) < 4.78 is 36.3. The Bertz CT molecular complexity index is 497. The fourth-order valence-corrected chi connectivity index (χ4v) is 2.31. The van der Waals surface area contributed by atoms with Crippen molar-refractivity contribution in [3.8, 4) is 5.75 Å². The molecule has 0 saturated carbocycles. The van der Waals surface area contributed by atoms with E-state index in [9.17, 15) is 23.1 Å². The average Bonchev–Trinajstić information content (AvgIpc) is 2.44. The lowest BCUT2D eigenvalue weighted by Crippen LogP contribution is -2.48. The molecule has 1 N–H and O–H groups in total. The molecular formula is C14H17F3N2O2. The van der Waals surface area contributed by atoms with E-state index in [-0.39, 0.29) is 5.75 Å². The molecule has 0 atom stereocenters. The molecule has 0 aliphatic carbocycles. The molecule has 1 aromatic carbocycles. The highest BCUT2D eigenvalue weighted by Crippen LogP contribution is 2.23. The van der Waals surface area contributed by atoms with Gasteiger partial charge in [-0.2, -0.15) is 13.2 Å². The van der Waals surface area contributed by atoms with Gasteiger partial charge in [-0.15, -0.1) is 0 Å². The summed E-state index contributed by atoms with van der Waals surface area (Å²) in [4.78, 5) is 15.2. The van der Waals surface area contributed by atoms with Gasteiger partial charge in [0.1, 0.15) is 5.75 Å². The minimum absolute atomic E-state index is 0.163. The second-order valence-electron chi connectivity index (χ2n) is 5.00. The Hall–Kier alpha value is -1.92. The van der Waals surface area contributed by atoms with Gasteiger partial charge in [0.05, 0.1) is 6.42 Å². The van der Waals surface area contributed by atoms with Crippen molar-refractivity contribution in [3.63, 3.8) is 0 Å². The van der Waals surface area contributed by atoms with Crippen LogP contribution in [0, 0.1) is 0 Å². The summed E-state index contributed by atoms with van der Waals surface area (Å²) in [6, 6.07) is 6.77. The number of piperazine rings is 1. The van der Waals surface area contributed by atoms with Crippen LogP contribution in [0.4, 0.5) is 18.9 Å². The molecule has 0 unspecified atom stereocenters. The fourth-order valence-electron chi connectivity index (χ4n) is 2.31. The highest BCUT2D eigenvalue weighted by atomic mass is 19.4. The molecule has 1 aliphatic heterocycles. The summed E-state index contributed by atoms with van der Waals surface area (Å²) in [7, 11) is 0. The van der Waals surface area contributed by atoms with Crippen LogP contribution in [0.3, 0.4) is 0 Å². The molecule has 4 nitrogen and oxygen atoms in total. The molecule has 1 fully saturated rings. The molecular weight excluding hydrogens is 285 g/mol. The number of phenolic OH excluding ortho intramolecular Hbond substituents is 1. The Balaban J connectivity index is 1.84. The number of halogens is 3. The number of nitrogens with zero attached hydrogens (tertiary/aromatic N) is 2. The number of carbonyl (C=O) groups excluding carboxylic acids is 1. The first-order valence-electron chi connectivity index (χ1n) is 6.74. The van der Waals surface area contributed by atoms with Crippen molar-refractivity contribution in [3.05, 3.63) is 24.3 Å². The molecule has 0 aromatic heterocycles. The van der Waals surface area contributed by atoms with Gasteiger partial charge in [-0.25, -0.2) is 0 Å². The van der Waals surface area contributed by atoms with E-state index in [0.29, 0.717) is 26.2 Å². The van der Waals surface area contributed by atoms with E-state index in [1.54, 1.807) is 18.2 Å². The third-order valence-electron chi connectivity index (χ3n) is 3.45. The molecule has 116 valence electrons. The van der Waals surface area contributed by atoms with Crippen LogP contribution in [-0.2, 0) is 4.79 Å². The van der Waals surface area contributed by atoms with E-state index < -0.39 is 24.9 Å². The lowest BCUT2D eigenvalue weighted by atomic mass is 10.2. The summed E-state index contributed by atoms with van der Waals surface area (Å²) in [6.45, 7) is 1.88. The zero-order valence-electron chi connectivity index (χ0n) is 11.4. The van der Waals surface area contributed by atoms with Crippen LogP contribution < -0.4 is 4.90 Å². The number of anilines is 1. The first kappa shape index (κ1) is 15.5. The van der Waals surface area contributed by atoms with Gasteiger partial charge < -0.3 is 14.9 Å². The number of benzene rings is 1. The number of hydrogen-bond acceptors (Lipinski definition) is 3. The topological polar surface area (TPSA) is 43.8 Å². The van der Waals surface area contributed by atoms with Gasteiger partial charge >= 0.3 is 6.18 Å². The quantitative estimate of drug-likeness (QED) is 0.932. The number of hydrogen-bond donors (Lipinski definition) is 1. The zero-order chi connectivity index (χ0) is 15.5. The number of amides is 1. The lowest BCUT2D eigenvalue weighted by Gasteiger charge is -2.36. The molecule has 1 aromatic rings. The predicted molar refractivity (Wildman–Crippen MR) is 72.2 cm³/mol. The number of alkyl halides is 3. The summed E-state index contributed by atoms with van der Waals surface area (Å²) >= 11 is 0. The Kier molecular flexibility index (Phi) is 4.59.